The maximum absolute atomic E-state index is 13.4. The van der Waals surface area contributed by atoms with Gasteiger partial charge in [0, 0.05) is 11.3 Å². The number of rotatable bonds is 6. The predicted octanol–water partition coefficient (Wildman–Crippen LogP) is 6.61. The zero-order valence-corrected chi connectivity index (χ0v) is 21.1. The van der Waals surface area contributed by atoms with Gasteiger partial charge in [-0.3, -0.25) is 4.90 Å². The van der Waals surface area contributed by atoms with Gasteiger partial charge in [0.1, 0.15) is 0 Å². The van der Waals surface area contributed by atoms with Gasteiger partial charge in [0.05, 0.1) is 18.2 Å². The number of benzene rings is 3. The van der Waals surface area contributed by atoms with Crippen molar-refractivity contribution in [2.75, 3.05) is 0 Å². The molecular formula is C30H30N4O2. The highest BCUT2D eigenvalue weighted by atomic mass is 16.5. The minimum absolute atomic E-state index is 0.150. The molecule has 1 aromatic heterocycles. The third kappa shape index (κ3) is 4.54. The fourth-order valence-corrected chi connectivity index (χ4v) is 4.64. The number of urea groups is 1. The summed E-state index contributed by atoms with van der Waals surface area (Å²) in [6.45, 7) is 8.63. The molecule has 0 radical (unpaired) electrons. The van der Waals surface area contributed by atoms with E-state index in [2.05, 4.69) is 54.7 Å². The Balaban J connectivity index is 1.60. The van der Waals surface area contributed by atoms with E-state index in [1.165, 1.54) is 5.56 Å². The van der Waals surface area contributed by atoms with Crippen molar-refractivity contribution in [1.82, 2.24) is 20.4 Å². The van der Waals surface area contributed by atoms with Crippen molar-refractivity contribution in [3.63, 3.8) is 0 Å². The van der Waals surface area contributed by atoms with Gasteiger partial charge in [0.25, 0.3) is 5.89 Å². The molecule has 1 atom stereocenters. The van der Waals surface area contributed by atoms with Crippen molar-refractivity contribution in [1.29, 1.82) is 0 Å². The van der Waals surface area contributed by atoms with Crippen LogP contribution in [0.4, 0.5) is 4.79 Å². The first kappa shape index (κ1) is 23.5. The molecule has 36 heavy (non-hydrogen) atoms. The van der Waals surface area contributed by atoms with E-state index in [4.69, 9.17) is 9.51 Å². The molecule has 5 rings (SSSR count). The number of aromatic nitrogens is 2. The maximum atomic E-state index is 13.4. The Morgan fingerprint density at radius 1 is 0.972 bits per heavy atom. The highest BCUT2D eigenvalue weighted by Gasteiger charge is 2.36. The van der Waals surface area contributed by atoms with E-state index in [0.29, 0.717) is 18.3 Å². The molecule has 0 saturated heterocycles. The number of hydrogen-bond donors (Lipinski definition) is 1. The Morgan fingerprint density at radius 2 is 1.75 bits per heavy atom. The highest BCUT2D eigenvalue weighted by molar-refractivity contribution is 5.87. The number of amides is 2. The molecule has 0 aliphatic carbocycles. The third-order valence-corrected chi connectivity index (χ3v) is 6.84. The van der Waals surface area contributed by atoms with Crippen molar-refractivity contribution in [3.8, 4) is 11.4 Å². The first-order valence-corrected chi connectivity index (χ1v) is 12.3. The van der Waals surface area contributed by atoms with Gasteiger partial charge in [-0.05, 0) is 55.5 Å². The van der Waals surface area contributed by atoms with Crippen molar-refractivity contribution in [2.45, 2.75) is 46.7 Å². The summed E-state index contributed by atoms with van der Waals surface area (Å²) in [5, 5.41) is 7.48. The van der Waals surface area contributed by atoms with E-state index in [1.807, 2.05) is 56.3 Å². The van der Waals surface area contributed by atoms with Gasteiger partial charge in [-0.2, -0.15) is 4.98 Å². The summed E-state index contributed by atoms with van der Waals surface area (Å²) in [6, 6.07) is 23.9. The van der Waals surface area contributed by atoms with E-state index in [0.717, 1.165) is 45.5 Å². The molecule has 0 fully saturated rings. The van der Waals surface area contributed by atoms with E-state index >= 15 is 0 Å². The fourth-order valence-electron chi connectivity index (χ4n) is 4.64. The van der Waals surface area contributed by atoms with Crippen LogP contribution < -0.4 is 5.32 Å². The molecule has 4 aromatic rings. The minimum Gasteiger partial charge on any atom is -0.334 e. The van der Waals surface area contributed by atoms with Crippen molar-refractivity contribution < 1.29 is 9.32 Å². The summed E-state index contributed by atoms with van der Waals surface area (Å²) in [5.74, 6) is 0.930. The van der Waals surface area contributed by atoms with Crippen molar-refractivity contribution >= 4 is 11.6 Å². The van der Waals surface area contributed by atoms with Gasteiger partial charge in [0.2, 0.25) is 5.82 Å². The van der Waals surface area contributed by atoms with Gasteiger partial charge in [-0.1, -0.05) is 84.4 Å². The summed E-state index contributed by atoms with van der Waals surface area (Å²) >= 11 is 0. The molecule has 0 saturated carbocycles. The summed E-state index contributed by atoms with van der Waals surface area (Å²) in [6.07, 6.45) is 0.951. The number of hydrogen-bond acceptors (Lipinski definition) is 4. The van der Waals surface area contributed by atoms with Crippen LogP contribution in [0.3, 0.4) is 0 Å². The van der Waals surface area contributed by atoms with Crippen LogP contribution in [0.2, 0.25) is 0 Å². The molecule has 3 aromatic carbocycles. The minimum atomic E-state index is -0.401. The first-order chi connectivity index (χ1) is 17.4. The molecule has 6 heteroatoms. The second-order valence-electron chi connectivity index (χ2n) is 9.28. The number of carbonyl (C=O) groups excluding carboxylic acids is 1. The monoisotopic (exact) mass is 478 g/mol. The largest absolute Gasteiger partial charge is 0.334 e. The lowest BCUT2D eigenvalue weighted by molar-refractivity contribution is 0.203. The summed E-state index contributed by atoms with van der Waals surface area (Å²) in [4.78, 5) is 19.9. The van der Waals surface area contributed by atoms with Crippen LogP contribution >= 0.6 is 0 Å². The van der Waals surface area contributed by atoms with Crippen LogP contribution in [-0.2, 0) is 13.0 Å². The van der Waals surface area contributed by atoms with Gasteiger partial charge < -0.3 is 9.84 Å². The first-order valence-electron chi connectivity index (χ1n) is 12.3. The van der Waals surface area contributed by atoms with Gasteiger partial charge >= 0.3 is 6.03 Å². The van der Waals surface area contributed by atoms with Crippen molar-refractivity contribution in [2.24, 2.45) is 0 Å². The number of aryl methyl sites for hydroxylation is 3. The lowest BCUT2D eigenvalue weighted by atomic mass is 9.93. The van der Waals surface area contributed by atoms with Crippen LogP contribution in [0.5, 0.6) is 0 Å². The SMILES string of the molecule is CCc1ccc(C2NC(=O)N(Cc3ccccc3C)C(C)=C2c2nc(-c3cccc(C)c3)no2)cc1. The normalized spacial score (nSPS) is 15.8. The van der Waals surface area contributed by atoms with E-state index in [-0.39, 0.29) is 6.03 Å². The Bertz CT molecular complexity index is 1440. The second-order valence-corrected chi connectivity index (χ2v) is 9.28. The smallest absolute Gasteiger partial charge is 0.322 e. The molecule has 6 nitrogen and oxygen atoms in total. The molecule has 2 heterocycles. The van der Waals surface area contributed by atoms with Crippen LogP contribution in [0.25, 0.3) is 17.0 Å². The molecule has 1 aliphatic heterocycles. The summed E-state index contributed by atoms with van der Waals surface area (Å²) < 4.78 is 5.83. The molecule has 182 valence electrons. The Morgan fingerprint density at radius 3 is 2.47 bits per heavy atom. The Kier molecular flexibility index (Phi) is 6.42. The lowest BCUT2D eigenvalue weighted by Gasteiger charge is -2.35. The zero-order chi connectivity index (χ0) is 25.2. The molecule has 2 amide bonds. The maximum Gasteiger partial charge on any atom is 0.322 e. The number of allylic oxidation sites excluding steroid dienone is 1. The van der Waals surface area contributed by atoms with Gasteiger partial charge in [0.15, 0.2) is 0 Å². The third-order valence-electron chi connectivity index (χ3n) is 6.84. The fraction of sp³-hybridized carbons (Fsp3) is 0.233. The summed E-state index contributed by atoms with van der Waals surface area (Å²) in [7, 11) is 0. The number of nitrogens with zero attached hydrogens (tertiary/aromatic N) is 3. The van der Waals surface area contributed by atoms with Crippen LogP contribution in [-0.4, -0.2) is 21.1 Å². The topological polar surface area (TPSA) is 71.3 Å². The molecule has 1 unspecified atom stereocenters. The van der Waals surface area contributed by atoms with Gasteiger partial charge in [-0.15, -0.1) is 0 Å². The predicted molar refractivity (Wildman–Crippen MR) is 141 cm³/mol. The molecule has 0 bridgehead atoms. The highest BCUT2D eigenvalue weighted by Crippen LogP contribution is 2.38. The van der Waals surface area contributed by atoms with Gasteiger partial charge in [-0.25, -0.2) is 4.79 Å². The van der Waals surface area contributed by atoms with E-state index < -0.39 is 6.04 Å². The summed E-state index contributed by atoms with van der Waals surface area (Å²) in [5.41, 5.74) is 8.05. The number of nitrogens with one attached hydrogen (secondary N) is 1. The Labute approximate surface area is 211 Å². The molecule has 1 aliphatic rings. The number of carbonyl (C=O) groups is 1. The van der Waals surface area contributed by atoms with Crippen LogP contribution in [0.1, 0.15) is 53.6 Å². The molecule has 1 N–H and O–H groups in total. The zero-order valence-electron chi connectivity index (χ0n) is 21.1. The van der Waals surface area contributed by atoms with E-state index in [1.54, 1.807) is 4.90 Å². The van der Waals surface area contributed by atoms with Crippen LogP contribution in [0.15, 0.2) is 83.0 Å². The quantitative estimate of drug-likeness (QED) is 0.338. The average Bonchev–Trinajstić information content (AvgIpc) is 3.37. The standard InChI is InChI=1S/C30H30N4O2/c1-5-22-13-15-23(16-14-22)27-26(29-32-28(33-36-29)24-12-8-9-19(2)17-24)21(4)34(30(35)31-27)18-25-11-7-6-10-20(25)3/h6-17,27H,5,18H2,1-4H3,(H,31,35). The van der Waals surface area contributed by atoms with Crippen LogP contribution in [0, 0.1) is 13.8 Å². The van der Waals surface area contributed by atoms with E-state index in [9.17, 15) is 4.79 Å². The van der Waals surface area contributed by atoms with Crippen molar-refractivity contribution in [3.05, 3.63) is 112 Å². The molecular weight excluding hydrogens is 448 g/mol. The average molecular weight is 479 g/mol. The lowest BCUT2D eigenvalue weighted by Crippen LogP contribution is -2.45. The second kappa shape index (κ2) is 9.82. The molecule has 0 spiro atoms. The Hall–Kier alpha value is -4.19.